The first-order chi connectivity index (χ1) is 6.42. The van der Waals surface area contributed by atoms with Crippen LogP contribution in [0.15, 0.2) is 0 Å². The van der Waals surface area contributed by atoms with Crippen molar-refractivity contribution in [1.29, 1.82) is 0 Å². The van der Waals surface area contributed by atoms with Gasteiger partial charge >= 0.3 is 0 Å². The summed E-state index contributed by atoms with van der Waals surface area (Å²) in [5.41, 5.74) is 2.58. The van der Waals surface area contributed by atoms with Crippen molar-refractivity contribution in [3.05, 3.63) is 17.5 Å². The molecule has 1 aliphatic carbocycles. The molecule has 3 rings (SSSR count). The van der Waals surface area contributed by atoms with E-state index in [9.17, 15) is 0 Å². The summed E-state index contributed by atoms with van der Waals surface area (Å²) < 4.78 is 0. The smallest absolute Gasteiger partial charge is 0.116 e. The Morgan fingerprint density at radius 3 is 3.31 bits per heavy atom. The van der Waals surface area contributed by atoms with Gasteiger partial charge in [0.05, 0.1) is 5.69 Å². The first-order valence-corrected chi connectivity index (χ1v) is 5.08. The van der Waals surface area contributed by atoms with Gasteiger partial charge in [-0.05, 0) is 25.2 Å². The Bertz CT molecular complexity index is 301. The molecule has 1 saturated carbocycles. The third-order valence-corrected chi connectivity index (χ3v) is 3.02. The van der Waals surface area contributed by atoms with Gasteiger partial charge in [-0.2, -0.15) is 5.10 Å². The van der Waals surface area contributed by atoms with Crippen molar-refractivity contribution in [3.8, 4) is 0 Å². The van der Waals surface area contributed by atoms with Crippen LogP contribution in [0.4, 0.5) is 0 Å². The Labute approximate surface area is 78.1 Å². The highest BCUT2D eigenvalue weighted by atomic mass is 15.2. The second kappa shape index (κ2) is 2.84. The maximum atomic E-state index is 3.96. The lowest BCUT2D eigenvalue weighted by atomic mass is 10.1. The van der Waals surface area contributed by atoms with E-state index in [4.69, 9.17) is 0 Å². The molecule has 0 saturated heterocycles. The van der Waals surface area contributed by atoms with E-state index in [-0.39, 0.29) is 0 Å². The molecule has 0 bridgehead atoms. The molecule has 0 unspecified atom stereocenters. The summed E-state index contributed by atoms with van der Waals surface area (Å²) in [4.78, 5) is 2.53. The quantitative estimate of drug-likeness (QED) is 0.728. The second-order valence-corrected chi connectivity index (χ2v) is 4.22. The molecule has 0 atom stereocenters. The van der Waals surface area contributed by atoms with E-state index in [0.29, 0.717) is 0 Å². The number of aromatic amines is 1. The first kappa shape index (κ1) is 7.56. The van der Waals surface area contributed by atoms with E-state index < -0.39 is 0 Å². The normalized spacial score (nSPS) is 23.1. The highest BCUT2D eigenvalue weighted by Crippen LogP contribution is 2.31. The van der Waals surface area contributed by atoms with Crippen LogP contribution in [0.3, 0.4) is 0 Å². The van der Waals surface area contributed by atoms with Crippen LogP contribution in [-0.4, -0.2) is 28.2 Å². The number of fused-ring (bicyclic) bond motifs is 1. The SMILES string of the molecule is [c]1n[nH]c2c1CCN(CC1CC1)C2. The number of hydrogen-bond acceptors (Lipinski definition) is 2. The molecule has 1 radical (unpaired) electrons. The number of nitrogens with zero attached hydrogens (tertiary/aromatic N) is 2. The summed E-state index contributed by atoms with van der Waals surface area (Å²) >= 11 is 0. The fourth-order valence-electron chi connectivity index (χ4n) is 2.03. The number of hydrogen-bond donors (Lipinski definition) is 1. The van der Waals surface area contributed by atoms with Gasteiger partial charge < -0.3 is 0 Å². The van der Waals surface area contributed by atoms with Crippen molar-refractivity contribution in [3.63, 3.8) is 0 Å². The molecule has 2 heterocycles. The number of rotatable bonds is 2. The maximum absolute atomic E-state index is 3.96. The zero-order chi connectivity index (χ0) is 8.67. The molecule has 1 N–H and O–H groups in total. The summed E-state index contributed by atoms with van der Waals surface area (Å²) in [6.07, 6.45) is 7.02. The van der Waals surface area contributed by atoms with Crippen molar-refractivity contribution in [2.24, 2.45) is 5.92 Å². The van der Waals surface area contributed by atoms with Gasteiger partial charge in [0.25, 0.3) is 0 Å². The number of H-pyrrole nitrogens is 1. The molecule has 1 aromatic rings. The van der Waals surface area contributed by atoms with Gasteiger partial charge in [0.1, 0.15) is 6.20 Å². The first-order valence-electron chi connectivity index (χ1n) is 5.08. The molecule has 1 aromatic heterocycles. The molecular formula is C10H14N3. The summed E-state index contributed by atoms with van der Waals surface area (Å²) in [5, 5.41) is 6.99. The lowest BCUT2D eigenvalue weighted by molar-refractivity contribution is 0.241. The molecule has 3 heteroatoms. The van der Waals surface area contributed by atoms with Gasteiger partial charge in [-0.15, -0.1) is 0 Å². The largest absolute Gasteiger partial charge is 0.297 e. The van der Waals surface area contributed by atoms with E-state index in [1.54, 1.807) is 0 Å². The van der Waals surface area contributed by atoms with Crippen molar-refractivity contribution in [1.82, 2.24) is 15.1 Å². The Kier molecular flexibility index (Phi) is 1.65. The molecule has 13 heavy (non-hydrogen) atoms. The highest BCUT2D eigenvalue weighted by Gasteiger charge is 2.26. The van der Waals surface area contributed by atoms with Gasteiger partial charge in [-0.1, -0.05) is 0 Å². The average molecular weight is 176 g/mol. The molecular weight excluding hydrogens is 162 g/mol. The Morgan fingerprint density at radius 1 is 1.54 bits per heavy atom. The molecule has 0 amide bonds. The fourth-order valence-corrected chi connectivity index (χ4v) is 2.03. The van der Waals surface area contributed by atoms with Gasteiger partial charge in [-0.3, -0.25) is 10.00 Å². The predicted molar refractivity (Wildman–Crippen MR) is 49.1 cm³/mol. The summed E-state index contributed by atoms with van der Waals surface area (Å²) in [7, 11) is 0. The minimum absolute atomic E-state index is 0.994. The molecule has 1 aliphatic heterocycles. The minimum atomic E-state index is 0.994. The lowest BCUT2D eigenvalue weighted by Gasteiger charge is -2.25. The van der Waals surface area contributed by atoms with E-state index in [2.05, 4.69) is 21.3 Å². The Hall–Kier alpha value is -0.830. The zero-order valence-electron chi connectivity index (χ0n) is 7.71. The molecule has 69 valence electrons. The third kappa shape index (κ3) is 1.48. The fraction of sp³-hybridized carbons (Fsp3) is 0.700. The number of aromatic nitrogens is 2. The van der Waals surface area contributed by atoms with E-state index in [0.717, 1.165) is 18.9 Å². The van der Waals surface area contributed by atoms with E-state index in [1.165, 1.54) is 37.2 Å². The second-order valence-electron chi connectivity index (χ2n) is 4.22. The van der Waals surface area contributed by atoms with Gasteiger partial charge in [0.2, 0.25) is 0 Å². The van der Waals surface area contributed by atoms with E-state index >= 15 is 0 Å². The number of nitrogens with one attached hydrogen (secondary N) is 1. The molecule has 1 fully saturated rings. The summed E-state index contributed by atoms with van der Waals surface area (Å²) in [6, 6.07) is 0. The molecule has 0 aromatic carbocycles. The molecule has 0 spiro atoms. The molecule has 3 nitrogen and oxygen atoms in total. The van der Waals surface area contributed by atoms with Gasteiger partial charge in [0, 0.05) is 25.2 Å². The summed E-state index contributed by atoms with van der Waals surface area (Å²) in [6.45, 7) is 3.54. The topological polar surface area (TPSA) is 31.9 Å². The minimum Gasteiger partial charge on any atom is -0.297 e. The van der Waals surface area contributed by atoms with Crippen LogP contribution in [0.1, 0.15) is 24.1 Å². The molecule has 2 aliphatic rings. The van der Waals surface area contributed by atoms with Crippen LogP contribution < -0.4 is 0 Å². The lowest BCUT2D eigenvalue weighted by Crippen LogP contribution is -2.31. The Morgan fingerprint density at radius 2 is 2.46 bits per heavy atom. The van der Waals surface area contributed by atoms with Crippen molar-refractivity contribution in [2.45, 2.75) is 25.8 Å². The van der Waals surface area contributed by atoms with Crippen LogP contribution in [0, 0.1) is 12.1 Å². The van der Waals surface area contributed by atoms with Crippen molar-refractivity contribution in [2.75, 3.05) is 13.1 Å². The van der Waals surface area contributed by atoms with Crippen LogP contribution in [0.25, 0.3) is 0 Å². The predicted octanol–water partition coefficient (Wildman–Crippen LogP) is 0.978. The van der Waals surface area contributed by atoms with Gasteiger partial charge in [0.15, 0.2) is 0 Å². The van der Waals surface area contributed by atoms with Crippen molar-refractivity contribution < 1.29 is 0 Å². The monoisotopic (exact) mass is 176 g/mol. The average Bonchev–Trinajstić information content (AvgIpc) is 2.83. The van der Waals surface area contributed by atoms with Crippen LogP contribution in [0.5, 0.6) is 0 Å². The zero-order valence-corrected chi connectivity index (χ0v) is 7.71. The maximum Gasteiger partial charge on any atom is 0.116 e. The van der Waals surface area contributed by atoms with Crippen molar-refractivity contribution >= 4 is 0 Å². The standard InChI is InChI=1S/C10H14N3/c1-2-8(1)6-13-4-3-9-5-11-12-10(9)7-13/h8H,1-4,6-7H2,(H,11,12). The van der Waals surface area contributed by atoms with Crippen LogP contribution in [0.2, 0.25) is 0 Å². The summed E-state index contributed by atoms with van der Waals surface area (Å²) in [5.74, 6) is 0.994. The van der Waals surface area contributed by atoms with Crippen LogP contribution >= 0.6 is 0 Å². The highest BCUT2D eigenvalue weighted by molar-refractivity contribution is 5.18. The van der Waals surface area contributed by atoms with Gasteiger partial charge in [-0.25, -0.2) is 0 Å². The van der Waals surface area contributed by atoms with E-state index in [1.807, 2.05) is 0 Å². The third-order valence-electron chi connectivity index (χ3n) is 3.02. The Balaban J connectivity index is 1.69. The van der Waals surface area contributed by atoms with Crippen LogP contribution in [-0.2, 0) is 13.0 Å².